The minimum Gasteiger partial charge on any atom is -0.388 e. The second-order valence-corrected chi connectivity index (χ2v) is 10.6. The van der Waals surface area contributed by atoms with E-state index in [0.717, 1.165) is 11.8 Å². The molecule has 3 aliphatic heterocycles. The summed E-state index contributed by atoms with van der Waals surface area (Å²) < 4.78 is 30.7. The van der Waals surface area contributed by atoms with Crippen LogP contribution < -0.4 is 10.6 Å². The molecular formula is C30H30F2N4O3. The molecule has 9 heteroatoms. The van der Waals surface area contributed by atoms with E-state index in [-0.39, 0.29) is 23.4 Å². The molecule has 1 aromatic heterocycles. The number of fused-ring (bicyclic) bond motifs is 2. The average Bonchev–Trinajstić information content (AvgIpc) is 3.42. The Morgan fingerprint density at radius 2 is 1.77 bits per heavy atom. The SMILES string of the molecule is CC(N1CCc2c(cc(C=C3C(=O)Nc4cccc(-c5cccc(F)c5F)c43)n2C)C1=O)C1(O)CCNCC1. The first kappa shape index (κ1) is 25.5. The van der Waals surface area contributed by atoms with Crippen LogP contribution in [0.1, 0.15) is 47.1 Å². The third-order valence-electron chi connectivity index (χ3n) is 8.55. The lowest BCUT2D eigenvalue weighted by Crippen LogP contribution is -2.58. The number of nitrogens with one attached hydrogen (secondary N) is 2. The van der Waals surface area contributed by atoms with Crippen molar-refractivity contribution in [3.63, 3.8) is 0 Å². The molecule has 1 saturated heterocycles. The third-order valence-corrected chi connectivity index (χ3v) is 8.55. The van der Waals surface area contributed by atoms with Crippen LogP contribution in [0.15, 0.2) is 42.5 Å². The van der Waals surface area contributed by atoms with Crippen LogP contribution in [0, 0.1) is 11.6 Å². The molecule has 0 saturated carbocycles. The smallest absolute Gasteiger partial charge is 0.256 e. The molecule has 1 fully saturated rings. The fraction of sp³-hybridized carbons (Fsp3) is 0.333. The van der Waals surface area contributed by atoms with E-state index in [9.17, 15) is 23.5 Å². The van der Waals surface area contributed by atoms with Crippen molar-refractivity contribution >= 4 is 29.2 Å². The summed E-state index contributed by atoms with van der Waals surface area (Å²) >= 11 is 0. The van der Waals surface area contributed by atoms with Crippen molar-refractivity contribution < 1.29 is 23.5 Å². The van der Waals surface area contributed by atoms with Crippen LogP contribution in [0.25, 0.3) is 22.8 Å². The molecular weight excluding hydrogens is 502 g/mol. The molecule has 3 N–H and O–H groups in total. The normalized spacial score (nSPS) is 20.1. The van der Waals surface area contributed by atoms with Gasteiger partial charge in [-0.2, -0.15) is 0 Å². The highest BCUT2D eigenvalue weighted by atomic mass is 19.2. The Hall–Kier alpha value is -3.82. The van der Waals surface area contributed by atoms with Crippen molar-refractivity contribution in [1.82, 2.24) is 14.8 Å². The van der Waals surface area contributed by atoms with Crippen molar-refractivity contribution in [3.8, 4) is 11.1 Å². The Morgan fingerprint density at radius 1 is 1.05 bits per heavy atom. The number of carbonyl (C=O) groups excluding carboxylic acids is 2. The quantitative estimate of drug-likeness (QED) is 0.444. The van der Waals surface area contributed by atoms with Crippen molar-refractivity contribution in [2.45, 2.75) is 37.8 Å². The van der Waals surface area contributed by atoms with Gasteiger partial charge in [0.1, 0.15) is 0 Å². The number of rotatable bonds is 4. The standard InChI is InChI=1S/C30H30F2N4O3/c1-17(30(39)10-12-33-13-11-30)36-14-9-25-21(29(36)38)15-18(35(25)2)16-22-26-19(5-4-8-24(26)34-28(22)37)20-6-3-7-23(31)27(20)32/h3-8,15-17,33,39H,9-14H2,1-2H3,(H,34,37). The summed E-state index contributed by atoms with van der Waals surface area (Å²) in [5.41, 5.74) is 2.89. The number of nitrogens with zero attached hydrogens (tertiary/aromatic N) is 2. The highest BCUT2D eigenvalue weighted by Crippen LogP contribution is 2.42. The summed E-state index contributed by atoms with van der Waals surface area (Å²) in [6.45, 7) is 3.82. The highest BCUT2D eigenvalue weighted by Gasteiger charge is 2.42. The number of aromatic nitrogens is 1. The maximum atomic E-state index is 14.8. The van der Waals surface area contributed by atoms with Crippen LogP contribution in [-0.4, -0.2) is 57.7 Å². The van der Waals surface area contributed by atoms with Crippen molar-refractivity contribution in [2.75, 3.05) is 25.0 Å². The van der Waals surface area contributed by atoms with E-state index >= 15 is 0 Å². The number of benzene rings is 2. The second-order valence-electron chi connectivity index (χ2n) is 10.6. The Kier molecular flexibility index (Phi) is 6.15. The second kappa shape index (κ2) is 9.43. The molecule has 4 heterocycles. The van der Waals surface area contributed by atoms with Gasteiger partial charge in [-0.05, 0) is 62.7 Å². The summed E-state index contributed by atoms with van der Waals surface area (Å²) in [7, 11) is 1.85. The summed E-state index contributed by atoms with van der Waals surface area (Å²) in [5, 5.41) is 17.3. The van der Waals surface area contributed by atoms with Crippen molar-refractivity contribution in [2.24, 2.45) is 7.05 Å². The monoisotopic (exact) mass is 532 g/mol. The number of hydrogen-bond donors (Lipinski definition) is 3. The predicted octanol–water partition coefficient (Wildman–Crippen LogP) is 3.96. The summed E-state index contributed by atoms with van der Waals surface area (Å²) in [6.07, 6.45) is 3.48. The van der Waals surface area contributed by atoms with Gasteiger partial charge in [-0.25, -0.2) is 8.78 Å². The molecule has 0 radical (unpaired) electrons. The van der Waals surface area contributed by atoms with Gasteiger partial charge in [-0.1, -0.05) is 24.3 Å². The molecule has 7 nitrogen and oxygen atoms in total. The minimum atomic E-state index is -0.978. The summed E-state index contributed by atoms with van der Waals surface area (Å²) in [4.78, 5) is 28.5. The zero-order valence-corrected chi connectivity index (χ0v) is 21.9. The van der Waals surface area contributed by atoms with Gasteiger partial charge in [0.25, 0.3) is 11.8 Å². The Morgan fingerprint density at radius 3 is 2.54 bits per heavy atom. The van der Waals surface area contributed by atoms with Crippen LogP contribution in [0.3, 0.4) is 0 Å². The molecule has 2 amide bonds. The van der Waals surface area contributed by atoms with E-state index < -0.39 is 17.2 Å². The molecule has 0 bridgehead atoms. The van der Waals surface area contributed by atoms with E-state index in [4.69, 9.17) is 0 Å². The van der Waals surface area contributed by atoms with Gasteiger partial charge in [0.15, 0.2) is 11.6 Å². The van der Waals surface area contributed by atoms with E-state index in [2.05, 4.69) is 10.6 Å². The van der Waals surface area contributed by atoms with E-state index in [1.165, 1.54) is 12.1 Å². The lowest BCUT2D eigenvalue weighted by atomic mass is 9.84. The fourth-order valence-corrected chi connectivity index (χ4v) is 6.18. The van der Waals surface area contributed by atoms with Gasteiger partial charge in [-0.3, -0.25) is 9.59 Å². The average molecular weight is 533 g/mol. The zero-order chi connectivity index (χ0) is 27.5. The van der Waals surface area contributed by atoms with Crippen LogP contribution in [0.5, 0.6) is 0 Å². The summed E-state index contributed by atoms with van der Waals surface area (Å²) in [5.74, 6) is -2.44. The van der Waals surface area contributed by atoms with E-state index in [1.54, 1.807) is 35.2 Å². The molecule has 3 aromatic rings. The van der Waals surface area contributed by atoms with Gasteiger partial charge in [-0.15, -0.1) is 0 Å². The minimum absolute atomic E-state index is 0.0658. The van der Waals surface area contributed by atoms with Crippen molar-refractivity contribution in [3.05, 3.63) is 76.6 Å². The molecule has 1 unspecified atom stereocenters. The lowest BCUT2D eigenvalue weighted by molar-refractivity contribution is -0.110. The number of hydrogen-bond acceptors (Lipinski definition) is 4. The number of carbonyl (C=O) groups is 2. The van der Waals surface area contributed by atoms with Crippen LogP contribution in [0.2, 0.25) is 0 Å². The number of piperidine rings is 1. The van der Waals surface area contributed by atoms with Gasteiger partial charge in [0.05, 0.1) is 22.8 Å². The largest absolute Gasteiger partial charge is 0.388 e. The predicted molar refractivity (Wildman–Crippen MR) is 145 cm³/mol. The Balaban J connectivity index is 1.39. The molecule has 3 aliphatic rings. The van der Waals surface area contributed by atoms with Gasteiger partial charge in [0, 0.05) is 48.2 Å². The van der Waals surface area contributed by atoms with E-state index in [0.29, 0.717) is 72.5 Å². The highest BCUT2D eigenvalue weighted by molar-refractivity contribution is 6.36. The first-order valence-electron chi connectivity index (χ1n) is 13.2. The number of halogens is 2. The van der Waals surface area contributed by atoms with Crippen LogP contribution in [-0.2, 0) is 18.3 Å². The molecule has 202 valence electrons. The first-order valence-corrected chi connectivity index (χ1v) is 13.2. The van der Waals surface area contributed by atoms with Crippen molar-refractivity contribution in [1.29, 1.82) is 0 Å². The van der Waals surface area contributed by atoms with Crippen LogP contribution in [0.4, 0.5) is 14.5 Å². The molecule has 1 atom stereocenters. The fourth-order valence-electron chi connectivity index (χ4n) is 6.18. The molecule has 2 aromatic carbocycles. The van der Waals surface area contributed by atoms with E-state index in [1.807, 2.05) is 18.5 Å². The number of anilines is 1. The maximum absolute atomic E-state index is 14.8. The Labute approximate surface area is 225 Å². The number of aliphatic hydroxyl groups is 1. The lowest BCUT2D eigenvalue weighted by Gasteiger charge is -2.44. The van der Waals surface area contributed by atoms with Gasteiger partial charge in [0.2, 0.25) is 0 Å². The van der Waals surface area contributed by atoms with Crippen LogP contribution >= 0.6 is 0 Å². The van der Waals surface area contributed by atoms with Gasteiger partial charge >= 0.3 is 0 Å². The Bertz CT molecular complexity index is 1540. The molecule has 0 aliphatic carbocycles. The molecule has 6 rings (SSSR count). The third kappa shape index (κ3) is 4.08. The first-order chi connectivity index (χ1) is 18.7. The summed E-state index contributed by atoms with van der Waals surface area (Å²) in [6, 6.07) is 10.5. The zero-order valence-electron chi connectivity index (χ0n) is 21.9. The molecule has 39 heavy (non-hydrogen) atoms. The van der Waals surface area contributed by atoms with Gasteiger partial charge < -0.3 is 25.2 Å². The molecule has 0 spiro atoms. The maximum Gasteiger partial charge on any atom is 0.256 e. The topological polar surface area (TPSA) is 86.6 Å². The number of amides is 2.